The standard InChI is InChI=1S/C21H21N5O/c1-27-18-12-17(13-22-14-18)19-15-25-20(21-24-10-11-26(19)21)23-9-5-8-16-6-3-2-4-7-16/h2-4,6-7,10-15H,5,8-9H2,1H3,(H,23,25). The molecule has 0 saturated carbocycles. The molecule has 0 bridgehead atoms. The molecule has 0 aliphatic heterocycles. The maximum Gasteiger partial charge on any atom is 0.180 e. The zero-order chi connectivity index (χ0) is 18.5. The van der Waals surface area contributed by atoms with E-state index in [1.165, 1.54) is 5.56 Å². The summed E-state index contributed by atoms with van der Waals surface area (Å²) in [5, 5.41) is 3.41. The first-order chi connectivity index (χ1) is 13.3. The Bertz CT molecular complexity index is 1030. The van der Waals surface area contributed by atoms with Crippen LogP contribution >= 0.6 is 0 Å². The van der Waals surface area contributed by atoms with Gasteiger partial charge in [-0.05, 0) is 24.5 Å². The van der Waals surface area contributed by atoms with Gasteiger partial charge in [-0.15, -0.1) is 0 Å². The molecular formula is C21H21N5O. The van der Waals surface area contributed by atoms with Crippen LogP contribution in [0, 0.1) is 0 Å². The predicted molar refractivity (Wildman–Crippen MR) is 106 cm³/mol. The van der Waals surface area contributed by atoms with Gasteiger partial charge in [-0.25, -0.2) is 9.97 Å². The Morgan fingerprint density at radius 3 is 2.81 bits per heavy atom. The summed E-state index contributed by atoms with van der Waals surface area (Å²) in [6.45, 7) is 0.838. The summed E-state index contributed by atoms with van der Waals surface area (Å²) in [5.74, 6) is 1.50. The van der Waals surface area contributed by atoms with Crippen molar-refractivity contribution in [1.82, 2.24) is 19.4 Å². The van der Waals surface area contributed by atoms with Crippen molar-refractivity contribution in [3.63, 3.8) is 0 Å². The molecule has 6 heteroatoms. The Kier molecular flexibility index (Phi) is 4.96. The van der Waals surface area contributed by atoms with E-state index in [-0.39, 0.29) is 0 Å². The van der Waals surface area contributed by atoms with Gasteiger partial charge in [0.1, 0.15) is 5.75 Å². The van der Waals surface area contributed by atoms with E-state index in [9.17, 15) is 0 Å². The van der Waals surface area contributed by atoms with Crippen LogP contribution in [-0.2, 0) is 6.42 Å². The first-order valence-electron chi connectivity index (χ1n) is 8.94. The van der Waals surface area contributed by atoms with E-state index in [0.717, 1.165) is 42.1 Å². The van der Waals surface area contributed by atoms with E-state index in [2.05, 4.69) is 44.5 Å². The Hall–Kier alpha value is -3.41. The predicted octanol–water partition coefficient (Wildman–Crippen LogP) is 3.84. The van der Waals surface area contributed by atoms with Crippen LogP contribution in [0.25, 0.3) is 16.9 Å². The van der Waals surface area contributed by atoms with Gasteiger partial charge >= 0.3 is 0 Å². The first kappa shape index (κ1) is 17.0. The highest BCUT2D eigenvalue weighted by molar-refractivity contribution is 5.70. The van der Waals surface area contributed by atoms with Crippen LogP contribution in [0.2, 0.25) is 0 Å². The van der Waals surface area contributed by atoms with E-state index in [1.807, 2.05) is 28.9 Å². The summed E-state index contributed by atoms with van der Waals surface area (Å²) in [7, 11) is 1.63. The molecule has 6 nitrogen and oxygen atoms in total. The number of hydrogen-bond acceptors (Lipinski definition) is 5. The molecule has 3 heterocycles. The number of pyridine rings is 1. The number of aryl methyl sites for hydroxylation is 1. The summed E-state index contributed by atoms with van der Waals surface area (Å²) in [6, 6.07) is 12.4. The zero-order valence-corrected chi connectivity index (χ0v) is 15.2. The lowest BCUT2D eigenvalue weighted by atomic mass is 10.1. The van der Waals surface area contributed by atoms with Crippen molar-refractivity contribution in [3.8, 4) is 17.0 Å². The monoisotopic (exact) mass is 359 g/mol. The molecule has 4 aromatic rings. The van der Waals surface area contributed by atoms with Crippen molar-refractivity contribution in [2.45, 2.75) is 12.8 Å². The SMILES string of the molecule is COc1cncc(-c2cnc(NCCCc3ccccc3)c3nccn23)c1. The number of nitrogens with zero attached hydrogens (tertiary/aromatic N) is 4. The fraction of sp³-hybridized carbons (Fsp3) is 0.190. The fourth-order valence-corrected chi connectivity index (χ4v) is 3.07. The Labute approximate surface area is 157 Å². The van der Waals surface area contributed by atoms with Gasteiger partial charge in [0.15, 0.2) is 11.5 Å². The van der Waals surface area contributed by atoms with Crippen LogP contribution in [0.3, 0.4) is 0 Å². The lowest BCUT2D eigenvalue weighted by Crippen LogP contribution is -2.07. The van der Waals surface area contributed by atoms with E-state index < -0.39 is 0 Å². The van der Waals surface area contributed by atoms with Crippen molar-refractivity contribution in [1.29, 1.82) is 0 Å². The molecule has 0 amide bonds. The van der Waals surface area contributed by atoms with Gasteiger partial charge in [-0.1, -0.05) is 30.3 Å². The minimum absolute atomic E-state index is 0.712. The van der Waals surface area contributed by atoms with Gasteiger partial charge in [0.05, 0.1) is 25.2 Å². The molecule has 136 valence electrons. The quantitative estimate of drug-likeness (QED) is 0.508. The molecule has 0 unspecified atom stereocenters. The van der Waals surface area contributed by atoms with Crippen LogP contribution in [0.4, 0.5) is 5.82 Å². The molecule has 4 rings (SSSR count). The number of aromatic nitrogens is 4. The van der Waals surface area contributed by atoms with Crippen LogP contribution in [0.5, 0.6) is 5.75 Å². The lowest BCUT2D eigenvalue weighted by molar-refractivity contribution is 0.413. The van der Waals surface area contributed by atoms with Crippen molar-refractivity contribution in [2.75, 3.05) is 19.0 Å². The van der Waals surface area contributed by atoms with E-state index in [4.69, 9.17) is 4.74 Å². The Morgan fingerprint density at radius 2 is 1.96 bits per heavy atom. The average Bonchev–Trinajstić information content (AvgIpc) is 3.22. The highest BCUT2D eigenvalue weighted by Gasteiger charge is 2.11. The van der Waals surface area contributed by atoms with Crippen LogP contribution in [-0.4, -0.2) is 33.0 Å². The second-order valence-corrected chi connectivity index (χ2v) is 6.24. The minimum Gasteiger partial charge on any atom is -0.495 e. The summed E-state index contributed by atoms with van der Waals surface area (Å²) < 4.78 is 7.29. The third-order valence-corrected chi connectivity index (χ3v) is 4.45. The number of benzene rings is 1. The van der Waals surface area contributed by atoms with Crippen LogP contribution < -0.4 is 10.1 Å². The molecule has 0 spiro atoms. The highest BCUT2D eigenvalue weighted by atomic mass is 16.5. The number of rotatable bonds is 7. The molecule has 3 aromatic heterocycles. The maximum atomic E-state index is 5.28. The average molecular weight is 359 g/mol. The zero-order valence-electron chi connectivity index (χ0n) is 15.2. The third kappa shape index (κ3) is 3.74. The van der Waals surface area contributed by atoms with E-state index in [0.29, 0.717) is 5.75 Å². The molecular weight excluding hydrogens is 338 g/mol. The Morgan fingerprint density at radius 1 is 1.07 bits per heavy atom. The van der Waals surface area contributed by atoms with Gasteiger partial charge in [-0.3, -0.25) is 9.38 Å². The number of hydrogen-bond donors (Lipinski definition) is 1. The maximum absolute atomic E-state index is 5.28. The molecule has 1 aromatic carbocycles. The summed E-state index contributed by atoms with van der Waals surface area (Å²) in [6.07, 6.45) is 11.1. The molecule has 0 fully saturated rings. The van der Waals surface area contributed by atoms with Crippen LogP contribution in [0.15, 0.2) is 67.4 Å². The topological polar surface area (TPSA) is 64.3 Å². The second kappa shape index (κ2) is 7.86. The first-order valence-corrected chi connectivity index (χ1v) is 8.94. The molecule has 0 aliphatic rings. The Balaban J connectivity index is 1.51. The van der Waals surface area contributed by atoms with Gasteiger partial charge in [0.25, 0.3) is 0 Å². The molecule has 27 heavy (non-hydrogen) atoms. The number of anilines is 1. The molecule has 0 radical (unpaired) electrons. The molecule has 1 N–H and O–H groups in total. The molecule has 0 aliphatic carbocycles. The van der Waals surface area contributed by atoms with Gasteiger partial charge in [0.2, 0.25) is 0 Å². The lowest BCUT2D eigenvalue weighted by Gasteiger charge is -2.11. The number of ether oxygens (including phenoxy) is 1. The van der Waals surface area contributed by atoms with Gasteiger partial charge < -0.3 is 10.1 Å². The normalized spacial score (nSPS) is 10.9. The number of fused-ring (bicyclic) bond motifs is 1. The van der Waals surface area contributed by atoms with Crippen molar-refractivity contribution < 1.29 is 4.74 Å². The summed E-state index contributed by atoms with van der Waals surface area (Å²) >= 11 is 0. The van der Waals surface area contributed by atoms with Gasteiger partial charge in [0, 0.05) is 30.7 Å². The largest absolute Gasteiger partial charge is 0.495 e. The van der Waals surface area contributed by atoms with Crippen molar-refractivity contribution >= 4 is 11.5 Å². The minimum atomic E-state index is 0.712. The fourth-order valence-electron chi connectivity index (χ4n) is 3.07. The second-order valence-electron chi connectivity index (χ2n) is 6.24. The van der Waals surface area contributed by atoms with Gasteiger partial charge in [-0.2, -0.15) is 0 Å². The molecule has 0 atom stereocenters. The number of imidazole rings is 1. The summed E-state index contributed by atoms with van der Waals surface area (Å²) in [5.41, 5.74) is 4.00. The number of nitrogens with one attached hydrogen (secondary N) is 1. The molecule has 0 saturated heterocycles. The highest BCUT2D eigenvalue weighted by Crippen LogP contribution is 2.25. The van der Waals surface area contributed by atoms with Crippen LogP contribution in [0.1, 0.15) is 12.0 Å². The smallest absolute Gasteiger partial charge is 0.180 e. The van der Waals surface area contributed by atoms with E-state index in [1.54, 1.807) is 25.7 Å². The van der Waals surface area contributed by atoms with Crippen molar-refractivity contribution in [3.05, 3.63) is 72.9 Å². The number of methoxy groups -OCH3 is 1. The van der Waals surface area contributed by atoms with Crippen molar-refractivity contribution in [2.24, 2.45) is 0 Å². The summed E-state index contributed by atoms with van der Waals surface area (Å²) in [4.78, 5) is 13.3. The van der Waals surface area contributed by atoms with E-state index >= 15 is 0 Å². The third-order valence-electron chi connectivity index (χ3n) is 4.45.